The zero-order valence-corrected chi connectivity index (χ0v) is 6.59. The second-order valence-corrected chi connectivity index (χ2v) is 2.42. The average molecular weight is 167 g/mol. The van der Waals surface area contributed by atoms with Gasteiger partial charge in [0.05, 0.1) is 0 Å². The molecule has 64 valence electrons. The summed E-state index contributed by atoms with van der Waals surface area (Å²) in [6.45, 7) is 0. The molecule has 0 fully saturated rings. The molecule has 0 bridgehead atoms. The molecular weight excluding hydrogens is 157 g/mol. The number of nitrogens with one attached hydrogen (secondary N) is 1. The molecule has 0 aromatic rings. The highest BCUT2D eigenvalue weighted by atomic mass is 19.1. The Morgan fingerprint density at radius 3 is 3.17 bits per heavy atom. The maximum atomic E-state index is 12.6. The van der Waals surface area contributed by atoms with E-state index in [4.69, 9.17) is 0 Å². The fourth-order valence-corrected chi connectivity index (χ4v) is 0.813. The normalized spacial score (nSPS) is 28.1. The van der Waals surface area contributed by atoms with Crippen molar-refractivity contribution in [3.05, 3.63) is 36.3 Å². The second-order valence-electron chi connectivity index (χ2n) is 2.42. The van der Waals surface area contributed by atoms with Crippen LogP contribution in [0.1, 0.15) is 12.8 Å². The number of hydrogen-bond donors (Lipinski definition) is 1. The van der Waals surface area contributed by atoms with Crippen LogP contribution in [0.4, 0.5) is 4.39 Å². The summed E-state index contributed by atoms with van der Waals surface area (Å²) in [5.41, 5.74) is 0. The highest BCUT2D eigenvalue weighted by molar-refractivity contribution is 5.77. The average Bonchev–Trinajstić information content (AvgIpc) is 2.04. The number of amides is 1. The lowest BCUT2D eigenvalue weighted by atomic mass is 10.2. The molecule has 0 aliphatic carbocycles. The summed E-state index contributed by atoms with van der Waals surface area (Å²) >= 11 is 0. The van der Waals surface area contributed by atoms with Gasteiger partial charge < -0.3 is 5.32 Å². The van der Waals surface area contributed by atoms with Crippen molar-refractivity contribution in [3.63, 3.8) is 0 Å². The molecule has 1 N–H and O–H groups in total. The van der Waals surface area contributed by atoms with Gasteiger partial charge in [-0.25, -0.2) is 4.39 Å². The Bertz CT molecular complexity index is 253. The van der Waals surface area contributed by atoms with E-state index < -0.39 is 0 Å². The lowest BCUT2D eigenvalue weighted by Gasteiger charge is -1.97. The third kappa shape index (κ3) is 3.14. The van der Waals surface area contributed by atoms with Crippen LogP contribution < -0.4 is 5.32 Å². The smallest absolute Gasteiger partial charge is 0.224 e. The van der Waals surface area contributed by atoms with Gasteiger partial charge in [-0.15, -0.1) is 0 Å². The van der Waals surface area contributed by atoms with Crippen molar-refractivity contribution in [1.29, 1.82) is 0 Å². The van der Waals surface area contributed by atoms with Gasteiger partial charge in [-0.2, -0.15) is 0 Å². The highest BCUT2D eigenvalue weighted by Crippen LogP contribution is 2.01. The molecule has 0 radical (unpaired) electrons. The van der Waals surface area contributed by atoms with E-state index >= 15 is 0 Å². The molecule has 0 saturated heterocycles. The van der Waals surface area contributed by atoms with Gasteiger partial charge in [0.25, 0.3) is 0 Å². The molecule has 12 heavy (non-hydrogen) atoms. The molecule has 1 rings (SSSR count). The summed E-state index contributed by atoms with van der Waals surface area (Å²) in [7, 11) is 0. The highest BCUT2D eigenvalue weighted by Gasteiger charge is 1.96. The number of halogens is 1. The molecule has 0 unspecified atom stereocenters. The Morgan fingerprint density at radius 2 is 2.33 bits per heavy atom. The van der Waals surface area contributed by atoms with Crippen LogP contribution >= 0.6 is 0 Å². The molecule has 1 heterocycles. The van der Waals surface area contributed by atoms with E-state index in [2.05, 4.69) is 5.32 Å². The van der Waals surface area contributed by atoms with Gasteiger partial charge in [0, 0.05) is 12.6 Å². The molecule has 1 aliphatic rings. The molecule has 1 amide bonds. The maximum absolute atomic E-state index is 12.6. The lowest BCUT2D eigenvalue weighted by molar-refractivity contribution is -0.120. The van der Waals surface area contributed by atoms with E-state index in [1.54, 1.807) is 12.2 Å². The second kappa shape index (κ2) is 4.49. The first-order chi connectivity index (χ1) is 5.79. The summed E-state index contributed by atoms with van der Waals surface area (Å²) in [5, 5.41) is 2.45. The molecule has 3 heteroatoms. The predicted octanol–water partition coefficient (Wildman–Crippen LogP) is 1.82. The van der Waals surface area contributed by atoms with Crippen LogP contribution in [0.3, 0.4) is 0 Å². The van der Waals surface area contributed by atoms with Gasteiger partial charge in [-0.1, -0.05) is 12.2 Å². The topological polar surface area (TPSA) is 29.1 Å². The zero-order chi connectivity index (χ0) is 8.81. The number of rotatable bonds is 0. The third-order valence-electron chi connectivity index (χ3n) is 1.42. The summed E-state index contributed by atoms with van der Waals surface area (Å²) < 4.78 is 12.6. The van der Waals surface area contributed by atoms with Gasteiger partial charge in [-0.3, -0.25) is 4.79 Å². The van der Waals surface area contributed by atoms with Crippen molar-refractivity contribution < 1.29 is 9.18 Å². The van der Waals surface area contributed by atoms with Crippen molar-refractivity contribution in [1.82, 2.24) is 5.32 Å². The molecule has 0 aromatic carbocycles. The van der Waals surface area contributed by atoms with Gasteiger partial charge in [0.2, 0.25) is 5.91 Å². The fraction of sp³-hybridized carbons (Fsp3) is 0.222. The molecule has 0 aromatic heterocycles. The van der Waals surface area contributed by atoms with Gasteiger partial charge in [0.1, 0.15) is 5.83 Å². The number of hydrogen-bond acceptors (Lipinski definition) is 1. The summed E-state index contributed by atoms with van der Waals surface area (Å²) in [6.07, 6.45) is 8.34. The van der Waals surface area contributed by atoms with Crippen molar-refractivity contribution in [2.24, 2.45) is 0 Å². The first-order valence-corrected chi connectivity index (χ1v) is 3.77. The Balaban J connectivity index is 2.67. The molecule has 0 saturated carbocycles. The van der Waals surface area contributed by atoms with Crippen LogP contribution in [-0.2, 0) is 4.79 Å². The molecule has 2 nitrogen and oxygen atoms in total. The minimum absolute atomic E-state index is 0.0920. The lowest BCUT2D eigenvalue weighted by Crippen LogP contribution is -2.16. The van der Waals surface area contributed by atoms with E-state index in [9.17, 15) is 9.18 Å². The van der Waals surface area contributed by atoms with Crippen molar-refractivity contribution in [2.75, 3.05) is 0 Å². The Morgan fingerprint density at radius 1 is 1.50 bits per heavy atom. The predicted molar refractivity (Wildman–Crippen MR) is 44.8 cm³/mol. The van der Waals surface area contributed by atoms with Crippen molar-refractivity contribution >= 4 is 5.91 Å². The first kappa shape index (κ1) is 8.71. The molecule has 1 aliphatic heterocycles. The van der Waals surface area contributed by atoms with E-state index in [0.29, 0.717) is 12.8 Å². The Kier molecular flexibility index (Phi) is 3.26. The van der Waals surface area contributed by atoms with Gasteiger partial charge in [-0.05, 0) is 18.6 Å². The Hall–Kier alpha value is -1.38. The first-order valence-electron chi connectivity index (χ1n) is 3.77. The largest absolute Gasteiger partial charge is 0.333 e. The van der Waals surface area contributed by atoms with Crippen LogP contribution in [0.2, 0.25) is 0 Å². The van der Waals surface area contributed by atoms with E-state index in [1.165, 1.54) is 18.4 Å². The van der Waals surface area contributed by atoms with Crippen LogP contribution in [0.5, 0.6) is 0 Å². The summed E-state index contributed by atoms with van der Waals surface area (Å²) in [5.74, 6) is -0.459. The molecule has 0 atom stereocenters. The van der Waals surface area contributed by atoms with Crippen molar-refractivity contribution in [2.45, 2.75) is 12.8 Å². The van der Waals surface area contributed by atoms with Crippen molar-refractivity contribution in [3.8, 4) is 0 Å². The van der Waals surface area contributed by atoms with Gasteiger partial charge >= 0.3 is 0 Å². The zero-order valence-electron chi connectivity index (χ0n) is 6.59. The number of allylic oxidation sites excluding steroid dienone is 5. The number of carbonyl (C=O) groups excluding carboxylic acids is 1. The van der Waals surface area contributed by atoms with Crippen LogP contribution in [0.15, 0.2) is 36.3 Å². The van der Waals surface area contributed by atoms with Crippen LogP contribution in [-0.4, -0.2) is 5.91 Å². The summed E-state index contributed by atoms with van der Waals surface area (Å²) in [6, 6.07) is 0. The van der Waals surface area contributed by atoms with E-state index in [0.717, 1.165) is 0 Å². The molecule has 0 spiro atoms. The minimum Gasteiger partial charge on any atom is -0.333 e. The third-order valence-corrected chi connectivity index (χ3v) is 1.42. The maximum Gasteiger partial charge on any atom is 0.224 e. The quantitative estimate of drug-likeness (QED) is 0.585. The Labute approximate surface area is 70.5 Å². The van der Waals surface area contributed by atoms with E-state index in [-0.39, 0.29) is 11.7 Å². The number of carbonyl (C=O) groups is 1. The molecular formula is C9H10FNO. The monoisotopic (exact) mass is 167 g/mol. The standard InChI is InChI=1S/C9H10FNO/c10-8-4-2-1-3-5-9(12)11-7-6-8/h1-2,4,6-7H,3,5H2,(H,11,12)/b2-1+,7-6+,8-4+. The van der Waals surface area contributed by atoms with E-state index in [1.807, 2.05) is 0 Å². The SMILES string of the molecule is O=C1CC/C=C/C=C(F)\C=C\N1. The fourth-order valence-electron chi connectivity index (χ4n) is 0.813. The van der Waals surface area contributed by atoms with Crippen LogP contribution in [0, 0.1) is 0 Å². The van der Waals surface area contributed by atoms with Crippen LogP contribution in [0.25, 0.3) is 0 Å². The minimum atomic E-state index is -0.367. The summed E-state index contributed by atoms with van der Waals surface area (Å²) in [4.78, 5) is 10.9. The van der Waals surface area contributed by atoms with Gasteiger partial charge in [0.15, 0.2) is 0 Å².